The quantitative estimate of drug-likeness (QED) is 0.521. The highest BCUT2D eigenvalue weighted by Crippen LogP contribution is 2.22. The molecular weight excluding hydrogens is 345 g/mol. The molecule has 0 fully saturated rings. The average molecular weight is 361 g/mol. The Labute approximate surface area is 153 Å². The lowest BCUT2D eigenvalue weighted by atomic mass is 10.2. The monoisotopic (exact) mass is 361 g/mol. The zero-order chi connectivity index (χ0) is 18.2. The number of halogens is 1. The van der Waals surface area contributed by atoms with Crippen LogP contribution in [0.1, 0.15) is 12.2 Å². The summed E-state index contributed by atoms with van der Waals surface area (Å²) in [6, 6.07) is 6.43. The predicted octanol–water partition coefficient (Wildman–Crippen LogP) is 3.24. The Bertz CT molecular complexity index is 1230. The van der Waals surface area contributed by atoms with Crippen molar-refractivity contribution in [3.63, 3.8) is 0 Å². The maximum Gasteiger partial charge on any atom is 0.165 e. The van der Waals surface area contributed by atoms with E-state index in [1.807, 2.05) is 18.5 Å². The Balaban J connectivity index is 1.34. The van der Waals surface area contributed by atoms with Crippen molar-refractivity contribution in [3.05, 3.63) is 66.9 Å². The normalized spacial score (nSPS) is 11.6. The summed E-state index contributed by atoms with van der Waals surface area (Å²) >= 11 is 0. The van der Waals surface area contributed by atoms with Crippen molar-refractivity contribution < 1.29 is 4.39 Å². The first-order valence-corrected chi connectivity index (χ1v) is 8.72. The van der Waals surface area contributed by atoms with Gasteiger partial charge in [-0.15, -0.1) is 0 Å². The lowest BCUT2D eigenvalue weighted by molar-refractivity contribution is 0.629. The number of aromatic amines is 1. The Kier molecular flexibility index (Phi) is 3.67. The number of rotatable bonds is 5. The molecule has 4 heterocycles. The van der Waals surface area contributed by atoms with Crippen LogP contribution in [0.4, 0.5) is 4.39 Å². The highest BCUT2D eigenvalue weighted by atomic mass is 19.1. The number of aryl methyl sites for hydroxylation is 2. The molecule has 8 heteroatoms. The van der Waals surface area contributed by atoms with Crippen molar-refractivity contribution in [3.8, 4) is 11.4 Å². The van der Waals surface area contributed by atoms with Crippen LogP contribution in [0.3, 0.4) is 0 Å². The molecule has 4 aromatic heterocycles. The molecule has 1 N–H and O–H groups in total. The Hall–Kier alpha value is -3.55. The zero-order valence-corrected chi connectivity index (χ0v) is 14.4. The smallest absolute Gasteiger partial charge is 0.165 e. The molecule has 0 atom stereocenters. The van der Waals surface area contributed by atoms with Gasteiger partial charge in [0.15, 0.2) is 5.65 Å². The Morgan fingerprint density at radius 2 is 2.07 bits per heavy atom. The van der Waals surface area contributed by atoms with Gasteiger partial charge in [0.1, 0.15) is 17.5 Å². The summed E-state index contributed by atoms with van der Waals surface area (Å²) < 4.78 is 17.1. The summed E-state index contributed by atoms with van der Waals surface area (Å²) in [5.74, 6) is 1.44. The number of hydrogen-bond donors (Lipinski definition) is 1. The maximum absolute atomic E-state index is 13.3. The van der Waals surface area contributed by atoms with Gasteiger partial charge in [-0.05, 0) is 30.7 Å². The van der Waals surface area contributed by atoms with E-state index in [0.29, 0.717) is 0 Å². The van der Waals surface area contributed by atoms with Gasteiger partial charge in [-0.25, -0.2) is 23.9 Å². The summed E-state index contributed by atoms with van der Waals surface area (Å²) in [4.78, 5) is 16.6. The summed E-state index contributed by atoms with van der Waals surface area (Å²) in [6.07, 6.45) is 10.8. The molecule has 5 aromatic rings. The fourth-order valence-electron chi connectivity index (χ4n) is 3.29. The third kappa shape index (κ3) is 2.84. The first kappa shape index (κ1) is 15.7. The van der Waals surface area contributed by atoms with E-state index in [1.165, 1.54) is 12.1 Å². The van der Waals surface area contributed by atoms with Crippen LogP contribution >= 0.6 is 0 Å². The molecule has 0 spiro atoms. The first-order valence-electron chi connectivity index (χ1n) is 8.72. The summed E-state index contributed by atoms with van der Waals surface area (Å²) in [5.41, 5.74) is 3.20. The number of hydrogen-bond acceptors (Lipinski definition) is 4. The highest BCUT2D eigenvalue weighted by Gasteiger charge is 2.13. The van der Waals surface area contributed by atoms with Crippen LogP contribution in [0, 0.1) is 5.82 Å². The van der Waals surface area contributed by atoms with Gasteiger partial charge in [0.2, 0.25) is 0 Å². The molecule has 0 unspecified atom stereocenters. The number of benzene rings is 1. The minimum absolute atomic E-state index is 0.261. The van der Waals surface area contributed by atoms with Gasteiger partial charge in [-0.3, -0.25) is 0 Å². The van der Waals surface area contributed by atoms with E-state index in [2.05, 4.69) is 29.6 Å². The highest BCUT2D eigenvalue weighted by molar-refractivity contribution is 5.75. The third-order valence-corrected chi connectivity index (χ3v) is 4.54. The second-order valence-electron chi connectivity index (χ2n) is 6.34. The van der Waals surface area contributed by atoms with Gasteiger partial charge in [-0.1, -0.05) is 0 Å². The van der Waals surface area contributed by atoms with E-state index in [9.17, 15) is 4.39 Å². The molecule has 0 bridgehead atoms. The van der Waals surface area contributed by atoms with E-state index < -0.39 is 0 Å². The molecule has 7 nitrogen and oxygen atoms in total. The number of H-pyrrole nitrogens is 1. The lowest BCUT2D eigenvalue weighted by Crippen LogP contribution is -2.02. The van der Waals surface area contributed by atoms with Crippen LogP contribution in [0.15, 0.2) is 55.2 Å². The van der Waals surface area contributed by atoms with E-state index >= 15 is 0 Å². The van der Waals surface area contributed by atoms with Gasteiger partial charge in [0, 0.05) is 37.8 Å². The van der Waals surface area contributed by atoms with Crippen LogP contribution in [0.5, 0.6) is 0 Å². The van der Waals surface area contributed by atoms with Crippen molar-refractivity contribution in [1.82, 2.24) is 34.1 Å². The first-order chi connectivity index (χ1) is 13.3. The molecule has 0 saturated carbocycles. The van der Waals surface area contributed by atoms with Crippen molar-refractivity contribution in [1.29, 1.82) is 0 Å². The number of nitrogens with one attached hydrogen (secondary N) is 1. The van der Waals surface area contributed by atoms with Gasteiger partial charge in [0.25, 0.3) is 0 Å². The van der Waals surface area contributed by atoms with Crippen LogP contribution in [0.25, 0.3) is 28.1 Å². The van der Waals surface area contributed by atoms with Crippen LogP contribution < -0.4 is 0 Å². The standard InChI is InChI=1S/C19H16FN7/c20-13-4-5-15-16(11-13)25-17(24-15)3-1-8-26-10-7-22-18(26)14-12-23-27-9-2-6-21-19(14)27/h2,4-7,9-12H,1,3,8H2,(H,24,25). The van der Waals surface area contributed by atoms with E-state index in [0.717, 1.165) is 53.3 Å². The van der Waals surface area contributed by atoms with Crippen molar-refractivity contribution in [2.24, 2.45) is 0 Å². The molecule has 0 aliphatic rings. The molecule has 134 valence electrons. The molecule has 5 rings (SSSR count). The lowest BCUT2D eigenvalue weighted by Gasteiger charge is -2.06. The largest absolute Gasteiger partial charge is 0.342 e. The Morgan fingerprint density at radius 3 is 3.04 bits per heavy atom. The zero-order valence-electron chi connectivity index (χ0n) is 14.4. The van der Waals surface area contributed by atoms with Crippen LogP contribution in [-0.4, -0.2) is 34.1 Å². The molecule has 0 amide bonds. The topological polar surface area (TPSA) is 76.7 Å². The molecule has 27 heavy (non-hydrogen) atoms. The second-order valence-corrected chi connectivity index (χ2v) is 6.34. The van der Waals surface area contributed by atoms with E-state index in [-0.39, 0.29) is 5.82 Å². The summed E-state index contributed by atoms with van der Waals surface area (Å²) in [7, 11) is 0. The van der Waals surface area contributed by atoms with Gasteiger partial charge < -0.3 is 9.55 Å². The SMILES string of the molecule is Fc1ccc2nc(CCCn3ccnc3-c3cnn4cccnc34)[nH]c2c1. The minimum atomic E-state index is -0.261. The fourth-order valence-corrected chi connectivity index (χ4v) is 3.29. The van der Waals surface area contributed by atoms with Gasteiger partial charge >= 0.3 is 0 Å². The molecule has 0 aliphatic carbocycles. The van der Waals surface area contributed by atoms with Crippen molar-refractivity contribution >= 4 is 16.7 Å². The number of fused-ring (bicyclic) bond motifs is 2. The number of nitrogens with zero attached hydrogens (tertiary/aromatic N) is 6. The average Bonchev–Trinajstić information content (AvgIpc) is 3.38. The third-order valence-electron chi connectivity index (χ3n) is 4.54. The fraction of sp³-hybridized carbons (Fsp3) is 0.158. The van der Waals surface area contributed by atoms with E-state index in [4.69, 9.17) is 0 Å². The van der Waals surface area contributed by atoms with Crippen molar-refractivity contribution in [2.45, 2.75) is 19.4 Å². The molecule has 0 saturated heterocycles. The summed E-state index contributed by atoms with van der Waals surface area (Å²) in [6.45, 7) is 0.783. The van der Waals surface area contributed by atoms with Gasteiger partial charge in [0.05, 0.1) is 22.8 Å². The number of imidazole rings is 2. The van der Waals surface area contributed by atoms with Crippen LogP contribution in [-0.2, 0) is 13.0 Å². The van der Waals surface area contributed by atoms with Crippen molar-refractivity contribution in [2.75, 3.05) is 0 Å². The molecule has 0 aliphatic heterocycles. The number of aromatic nitrogens is 7. The van der Waals surface area contributed by atoms with Gasteiger partial charge in [-0.2, -0.15) is 5.10 Å². The van der Waals surface area contributed by atoms with E-state index in [1.54, 1.807) is 29.2 Å². The predicted molar refractivity (Wildman–Crippen MR) is 98.6 cm³/mol. The summed E-state index contributed by atoms with van der Waals surface area (Å²) in [5, 5.41) is 4.33. The second kappa shape index (κ2) is 6.31. The Morgan fingerprint density at radius 1 is 1.11 bits per heavy atom. The molecule has 0 radical (unpaired) electrons. The molecular formula is C19H16FN7. The minimum Gasteiger partial charge on any atom is -0.342 e. The maximum atomic E-state index is 13.3. The molecule has 1 aromatic carbocycles. The van der Waals surface area contributed by atoms with Crippen LogP contribution in [0.2, 0.25) is 0 Å².